The maximum atomic E-state index is 12.0. The molecule has 2 aliphatic rings. The predicted molar refractivity (Wildman–Crippen MR) is 60.9 cm³/mol. The minimum atomic E-state index is 0.0207. The molecule has 1 amide bonds. The van der Waals surface area contributed by atoms with E-state index in [1.165, 1.54) is 6.42 Å². The third-order valence-electron chi connectivity index (χ3n) is 3.81. The molecule has 2 aliphatic carbocycles. The molecule has 1 N–H and O–H groups in total. The number of rotatable bonds is 2. The first-order valence-corrected chi connectivity index (χ1v) is 5.92. The Labute approximate surface area is 99.4 Å². The third-order valence-corrected chi connectivity index (χ3v) is 3.81. The highest BCUT2D eigenvalue weighted by molar-refractivity contribution is 5.93. The van der Waals surface area contributed by atoms with Crippen LogP contribution in [0.15, 0.2) is 6.20 Å². The Hall–Kier alpha value is -1.83. The molecule has 17 heavy (non-hydrogen) atoms. The minimum Gasteiger partial charge on any atom is -0.308 e. The van der Waals surface area contributed by atoms with Crippen LogP contribution in [-0.4, -0.2) is 15.7 Å². The number of carbonyl (C=O) groups excluding carboxylic acids is 1. The van der Waals surface area contributed by atoms with E-state index in [9.17, 15) is 4.79 Å². The van der Waals surface area contributed by atoms with Crippen LogP contribution in [0.25, 0.3) is 0 Å². The highest BCUT2D eigenvalue weighted by Crippen LogP contribution is 2.54. The number of hydrogen-bond donors (Lipinski definition) is 1. The van der Waals surface area contributed by atoms with Gasteiger partial charge >= 0.3 is 0 Å². The van der Waals surface area contributed by atoms with Crippen molar-refractivity contribution in [1.82, 2.24) is 9.78 Å². The van der Waals surface area contributed by atoms with Crippen LogP contribution in [-0.2, 0) is 11.8 Å². The van der Waals surface area contributed by atoms with Gasteiger partial charge in [0.05, 0.1) is 0 Å². The molecule has 2 atom stereocenters. The van der Waals surface area contributed by atoms with E-state index in [0.717, 1.165) is 24.7 Å². The molecule has 0 radical (unpaired) electrons. The fraction of sp³-hybridized carbons (Fsp3) is 0.583. The van der Waals surface area contributed by atoms with Gasteiger partial charge < -0.3 is 5.32 Å². The fourth-order valence-corrected chi connectivity index (χ4v) is 2.81. The normalized spacial score (nSPS) is 29.5. The first kappa shape index (κ1) is 10.3. The maximum Gasteiger partial charge on any atom is 0.228 e. The van der Waals surface area contributed by atoms with E-state index in [2.05, 4.69) is 10.4 Å². The molecule has 2 fully saturated rings. The van der Waals surface area contributed by atoms with Crippen molar-refractivity contribution in [2.75, 3.05) is 5.32 Å². The second-order valence-corrected chi connectivity index (χ2v) is 5.09. The van der Waals surface area contributed by atoms with Crippen molar-refractivity contribution in [2.24, 2.45) is 24.8 Å². The van der Waals surface area contributed by atoms with Gasteiger partial charge in [0, 0.05) is 19.2 Å². The van der Waals surface area contributed by atoms with Crippen molar-refractivity contribution < 1.29 is 4.79 Å². The largest absolute Gasteiger partial charge is 0.308 e. The fourth-order valence-electron chi connectivity index (χ4n) is 2.81. The SMILES string of the molecule is Cn1cc(C#N)c(NC(=O)C2CC3CC3C2)n1. The number of aromatic nitrogens is 2. The van der Waals surface area contributed by atoms with Crippen LogP contribution in [0.3, 0.4) is 0 Å². The van der Waals surface area contributed by atoms with E-state index < -0.39 is 0 Å². The van der Waals surface area contributed by atoms with Crippen LogP contribution in [0.1, 0.15) is 24.8 Å². The number of nitriles is 1. The molecule has 1 aromatic heterocycles. The Morgan fingerprint density at radius 2 is 2.24 bits per heavy atom. The molecule has 3 rings (SSSR count). The van der Waals surface area contributed by atoms with Crippen molar-refractivity contribution in [3.8, 4) is 6.07 Å². The zero-order valence-electron chi connectivity index (χ0n) is 9.68. The van der Waals surface area contributed by atoms with Gasteiger partial charge in [-0.3, -0.25) is 9.48 Å². The summed E-state index contributed by atoms with van der Waals surface area (Å²) in [5.74, 6) is 2.09. The van der Waals surface area contributed by atoms with Crippen molar-refractivity contribution >= 4 is 11.7 Å². The standard InChI is InChI=1S/C12H14N4O/c1-16-6-10(5-13)11(15-16)14-12(17)9-3-7-2-8(7)4-9/h6-9H,2-4H2,1H3,(H,14,15,17). The lowest BCUT2D eigenvalue weighted by molar-refractivity contribution is -0.120. The topological polar surface area (TPSA) is 70.7 Å². The summed E-state index contributed by atoms with van der Waals surface area (Å²) in [4.78, 5) is 12.0. The lowest BCUT2D eigenvalue weighted by Gasteiger charge is -2.10. The Bertz CT molecular complexity index is 503. The van der Waals surface area contributed by atoms with Gasteiger partial charge in [-0.1, -0.05) is 0 Å². The van der Waals surface area contributed by atoms with E-state index in [-0.39, 0.29) is 11.8 Å². The molecule has 0 bridgehead atoms. The van der Waals surface area contributed by atoms with Crippen molar-refractivity contribution in [3.63, 3.8) is 0 Å². The van der Waals surface area contributed by atoms with Crippen LogP contribution in [0.2, 0.25) is 0 Å². The summed E-state index contributed by atoms with van der Waals surface area (Å²) in [5, 5.41) is 15.8. The molecule has 2 saturated carbocycles. The second-order valence-electron chi connectivity index (χ2n) is 5.09. The van der Waals surface area contributed by atoms with Gasteiger partial charge in [-0.05, 0) is 31.1 Å². The van der Waals surface area contributed by atoms with Gasteiger partial charge in [-0.25, -0.2) is 0 Å². The Kier molecular flexibility index (Phi) is 2.18. The van der Waals surface area contributed by atoms with E-state index >= 15 is 0 Å². The van der Waals surface area contributed by atoms with Crippen LogP contribution < -0.4 is 5.32 Å². The van der Waals surface area contributed by atoms with Crippen molar-refractivity contribution in [3.05, 3.63) is 11.8 Å². The zero-order valence-corrected chi connectivity index (χ0v) is 9.68. The molecular formula is C12H14N4O. The molecule has 0 aromatic carbocycles. The Morgan fingerprint density at radius 3 is 2.88 bits per heavy atom. The summed E-state index contributed by atoms with van der Waals surface area (Å²) in [5.41, 5.74) is 0.420. The molecule has 1 aromatic rings. The smallest absolute Gasteiger partial charge is 0.228 e. The third kappa shape index (κ3) is 1.80. The zero-order chi connectivity index (χ0) is 12.0. The quantitative estimate of drug-likeness (QED) is 0.831. The number of amides is 1. The van der Waals surface area contributed by atoms with Crippen molar-refractivity contribution in [1.29, 1.82) is 5.26 Å². The maximum absolute atomic E-state index is 12.0. The van der Waals surface area contributed by atoms with E-state index in [1.807, 2.05) is 6.07 Å². The number of nitrogens with one attached hydrogen (secondary N) is 1. The number of hydrogen-bond acceptors (Lipinski definition) is 3. The number of anilines is 1. The summed E-state index contributed by atoms with van der Waals surface area (Å²) in [6.45, 7) is 0. The molecule has 88 valence electrons. The van der Waals surface area contributed by atoms with Crippen molar-refractivity contribution in [2.45, 2.75) is 19.3 Å². The number of fused-ring (bicyclic) bond motifs is 1. The first-order chi connectivity index (χ1) is 8.17. The highest BCUT2D eigenvalue weighted by Gasteiger charge is 2.48. The molecule has 5 nitrogen and oxygen atoms in total. The van der Waals surface area contributed by atoms with Crippen LogP contribution in [0.4, 0.5) is 5.82 Å². The van der Waals surface area contributed by atoms with Crippen LogP contribution in [0.5, 0.6) is 0 Å². The van der Waals surface area contributed by atoms with Gasteiger partial charge in [0.15, 0.2) is 5.82 Å². The average Bonchev–Trinajstić information content (AvgIpc) is 2.75. The monoisotopic (exact) mass is 230 g/mol. The predicted octanol–water partition coefficient (Wildman–Crippen LogP) is 1.28. The molecule has 0 saturated heterocycles. The van der Waals surface area contributed by atoms with Crippen LogP contribution >= 0.6 is 0 Å². The number of carbonyl (C=O) groups is 1. The van der Waals surface area contributed by atoms with Gasteiger partial charge in [0.1, 0.15) is 11.6 Å². The summed E-state index contributed by atoms with van der Waals surface area (Å²) >= 11 is 0. The first-order valence-electron chi connectivity index (χ1n) is 5.92. The molecule has 2 unspecified atom stereocenters. The lowest BCUT2D eigenvalue weighted by Crippen LogP contribution is -2.22. The van der Waals surface area contributed by atoms with E-state index in [0.29, 0.717) is 11.4 Å². The Balaban J connectivity index is 1.69. The molecule has 5 heteroatoms. The Morgan fingerprint density at radius 1 is 1.53 bits per heavy atom. The second kappa shape index (κ2) is 3.59. The molecule has 0 spiro atoms. The summed E-state index contributed by atoms with van der Waals surface area (Å²) in [6, 6.07) is 2.03. The number of nitrogens with zero attached hydrogens (tertiary/aromatic N) is 3. The molecule has 1 heterocycles. The highest BCUT2D eigenvalue weighted by atomic mass is 16.2. The summed E-state index contributed by atoms with van der Waals surface area (Å²) in [6.07, 6.45) is 4.93. The van der Waals surface area contributed by atoms with Gasteiger partial charge in [0.25, 0.3) is 0 Å². The van der Waals surface area contributed by atoms with E-state index in [1.54, 1.807) is 17.9 Å². The lowest BCUT2D eigenvalue weighted by atomic mass is 10.0. The summed E-state index contributed by atoms with van der Waals surface area (Å²) < 4.78 is 1.54. The van der Waals surface area contributed by atoms with Gasteiger partial charge in [-0.15, -0.1) is 0 Å². The summed E-state index contributed by atoms with van der Waals surface area (Å²) in [7, 11) is 1.74. The van der Waals surface area contributed by atoms with Gasteiger partial charge in [-0.2, -0.15) is 10.4 Å². The van der Waals surface area contributed by atoms with Crippen LogP contribution in [0, 0.1) is 29.1 Å². The average molecular weight is 230 g/mol. The molecular weight excluding hydrogens is 216 g/mol. The number of aryl methyl sites for hydroxylation is 1. The van der Waals surface area contributed by atoms with E-state index in [4.69, 9.17) is 5.26 Å². The molecule has 0 aliphatic heterocycles. The minimum absolute atomic E-state index is 0.0207. The van der Waals surface area contributed by atoms with Gasteiger partial charge in [0.2, 0.25) is 5.91 Å².